The highest BCUT2D eigenvalue weighted by Crippen LogP contribution is 2.20. The number of anilines is 1. The van der Waals surface area contributed by atoms with Gasteiger partial charge in [0.2, 0.25) is 11.8 Å². The zero-order chi connectivity index (χ0) is 19.9. The lowest BCUT2D eigenvalue weighted by molar-refractivity contribution is -0.133. The molecule has 1 fully saturated rings. The molecule has 0 bridgehead atoms. The van der Waals surface area contributed by atoms with Crippen molar-refractivity contribution in [3.63, 3.8) is 0 Å². The molecule has 0 radical (unpaired) electrons. The van der Waals surface area contributed by atoms with Gasteiger partial charge in [-0.25, -0.2) is 4.39 Å². The average Bonchev–Trinajstić information content (AvgIpc) is 2.74. The van der Waals surface area contributed by atoms with Gasteiger partial charge in [0.05, 0.1) is 12.2 Å². The first-order valence-electron chi connectivity index (χ1n) is 9.21. The second-order valence-corrected chi connectivity index (χ2v) is 6.67. The van der Waals surface area contributed by atoms with Gasteiger partial charge in [-0.15, -0.1) is 0 Å². The van der Waals surface area contributed by atoms with Crippen LogP contribution in [-0.4, -0.2) is 42.3 Å². The van der Waals surface area contributed by atoms with E-state index in [0.29, 0.717) is 31.5 Å². The number of rotatable bonds is 5. The molecule has 2 N–H and O–H groups in total. The first kappa shape index (κ1) is 19.5. The minimum atomic E-state index is -0.474. The molecule has 1 aliphatic heterocycles. The van der Waals surface area contributed by atoms with Gasteiger partial charge < -0.3 is 15.5 Å². The third-order valence-corrected chi connectivity index (χ3v) is 4.79. The Morgan fingerprint density at radius 3 is 2.29 bits per heavy atom. The number of carbonyl (C=O) groups is 3. The highest BCUT2D eigenvalue weighted by Gasteiger charge is 2.27. The van der Waals surface area contributed by atoms with Gasteiger partial charge in [0.25, 0.3) is 5.91 Å². The first-order valence-corrected chi connectivity index (χ1v) is 9.21. The number of amides is 3. The Morgan fingerprint density at radius 2 is 1.61 bits per heavy atom. The Kier molecular flexibility index (Phi) is 6.37. The van der Waals surface area contributed by atoms with Gasteiger partial charge in [0.1, 0.15) is 5.82 Å². The van der Waals surface area contributed by atoms with Crippen molar-refractivity contribution in [3.05, 3.63) is 66.0 Å². The molecule has 1 heterocycles. The summed E-state index contributed by atoms with van der Waals surface area (Å²) in [5.41, 5.74) is 0.661. The second kappa shape index (κ2) is 9.12. The number of benzene rings is 2. The molecule has 0 aliphatic carbocycles. The molecule has 0 aromatic heterocycles. The molecular weight excluding hydrogens is 361 g/mol. The molecule has 28 heavy (non-hydrogen) atoms. The monoisotopic (exact) mass is 383 g/mol. The maximum atomic E-state index is 13.7. The molecule has 3 amide bonds. The van der Waals surface area contributed by atoms with Crippen LogP contribution in [0.1, 0.15) is 23.2 Å². The summed E-state index contributed by atoms with van der Waals surface area (Å²) >= 11 is 0. The van der Waals surface area contributed by atoms with Crippen molar-refractivity contribution < 1.29 is 18.8 Å². The number of piperidine rings is 1. The van der Waals surface area contributed by atoms with Crippen LogP contribution in [0.15, 0.2) is 54.6 Å². The van der Waals surface area contributed by atoms with Crippen LogP contribution >= 0.6 is 0 Å². The summed E-state index contributed by atoms with van der Waals surface area (Å²) in [5.74, 6) is -1.47. The minimum absolute atomic E-state index is 0.0835. The Balaban J connectivity index is 1.44. The van der Waals surface area contributed by atoms with Crippen molar-refractivity contribution in [1.29, 1.82) is 0 Å². The molecule has 1 saturated heterocycles. The number of nitrogens with one attached hydrogen (secondary N) is 2. The van der Waals surface area contributed by atoms with Crippen molar-refractivity contribution in [2.75, 3.05) is 25.0 Å². The van der Waals surface area contributed by atoms with Crippen molar-refractivity contribution in [1.82, 2.24) is 10.2 Å². The molecule has 6 nitrogen and oxygen atoms in total. The van der Waals surface area contributed by atoms with Crippen LogP contribution in [0, 0.1) is 11.7 Å². The molecule has 1 aliphatic rings. The van der Waals surface area contributed by atoms with Crippen molar-refractivity contribution in [2.24, 2.45) is 5.92 Å². The van der Waals surface area contributed by atoms with Crippen LogP contribution in [0.5, 0.6) is 0 Å². The summed E-state index contributed by atoms with van der Waals surface area (Å²) in [6.07, 6.45) is 0.997. The number of nitrogens with zero attached hydrogens (tertiary/aromatic N) is 1. The molecule has 0 saturated carbocycles. The topological polar surface area (TPSA) is 78.5 Å². The van der Waals surface area contributed by atoms with E-state index in [1.54, 1.807) is 41.3 Å². The largest absolute Gasteiger partial charge is 0.343 e. The fourth-order valence-corrected chi connectivity index (χ4v) is 3.15. The predicted octanol–water partition coefficient (Wildman–Crippen LogP) is 2.43. The number of carbonyl (C=O) groups excluding carboxylic acids is 3. The number of hydrogen-bond acceptors (Lipinski definition) is 3. The van der Waals surface area contributed by atoms with E-state index in [4.69, 9.17) is 0 Å². The molecular formula is C21H22FN3O3. The molecule has 0 spiro atoms. The van der Waals surface area contributed by atoms with Gasteiger partial charge in [0, 0.05) is 24.6 Å². The third-order valence-electron chi connectivity index (χ3n) is 4.79. The summed E-state index contributed by atoms with van der Waals surface area (Å²) in [6.45, 7) is 0.768. The maximum Gasteiger partial charge on any atom is 0.251 e. The summed E-state index contributed by atoms with van der Waals surface area (Å²) in [6, 6.07) is 14.7. The summed E-state index contributed by atoms with van der Waals surface area (Å²) < 4.78 is 13.7. The Hall–Kier alpha value is -3.22. The van der Waals surface area contributed by atoms with Crippen LogP contribution in [0.25, 0.3) is 0 Å². The highest BCUT2D eigenvalue weighted by molar-refractivity contribution is 5.96. The number of halogens is 1. The van der Waals surface area contributed by atoms with E-state index < -0.39 is 5.82 Å². The molecule has 7 heteroatoms. The Morgan fingerprint density at radius 1 is 0.964 bits per heavy atom. The van der Waals surface area contributed by atoms with Gasteiger partial charge >= 0.3 is 0 Å². The Labute approximate surface area is 162 Å². The first-order chi connectivity index (χ1) is 13.5. The lowest BCUT2D eigenvalue weighted by Crippen LogP contribution is -2.45. The minimum Gasteiger partial charge on any atom is -0.343 e. The summed E-state index contributed by atoms with van der Waals surface area (Å²) in [7, 11) is 0. The molecule has 2 aromatic rings. The number of para-hydroxylation sites is 1. The standard InChI is InChI=1S/C21H22FN3O3/c22-17-8-4-5-9-18(17)24-21(28)16-10-12-25(13-11-16)19(26)14-23-20(27)15-6-2-1-3-7-15/h1-9,16H,10-14H2,(H,23,27)(H,24,28). The lowest BCUT2D eigenvalue weighted by Gasteiger charge is -2.31. The van der Waals surface area contributed by atoms with Crippen molar-refractivity contribution in [3.8, 4) is 0 Å². The van der Waals surface area contributed by atoms with Crippen LogP contribution in [-0.2, 0) is 9.59 Å². The fraction of sp³-hybridized carbons (Fsp3) is 0.286. The van der Waals surface area contributed by atoms with Crippen LogP contribution in [0.2, 0.25) is 0 Å². The fourth-order valence-electron chi connectivity index (χ4n) is 3.15. The zero-order valence-corrected chi connectivity index (χ0v) is 15.4. The lowest BCUT2D eigenvalue weighted by atomic mass is 9.95. The molecule has 0 atom stereocenters. The Bertz CT molecular complexity index is 849. The van der Waals surface area contributed by atoms with Crippen LogP contribution in [0.3, 0.4) is 0 Å². The molecule has 146 valence electrons. The molecule has 2 aromatic carbocycles. The van der Waals surface area contributed by atoms with E-state index >= 15 is 0 Å². The summed E-state index contributed by atoms with van der Waals surface area (Å²) in [4.78, 5) is 38.3. The smallest absolute Gasteiger partial charge is 0.251 e. The predicted molar refractivity (Wildman–Crippen MR) is 103 cm³/mol. The van der Waals surface area contributed by atoms with Crippen molar-refractivity contribution in [2.45, 2.75) is 12.8 Å². The van der Waals surface area contributed by atoms with E-state index in [1.807, 2.05) is 6.07 Å². The van der Waals surface area contributed by atoms with E-state index in [-0.39, 0.29) is 35.9 Å². The number of hydrogen-bond donors (Lipinski definition) is 2. The van der Waals surface area contributed by atoms with Gasteiger partial charge in [0.15, 0.2) is 0 Å². The van der Waals surface area contributed by atoms with Gasteiger partial charge in [-0.1, -0.05) is 30.3 Å². The second-order valence-electron chi connectivity index (χ2n) is 6.67. The van der Waals surface area contributed by atoms with E-state index in [9.17, 15) is 18.8 Å². The maximum absolute atomic E-state index is 13.7. The van der Waals surface area contributed by atoms with E-state index in [2.05, 4.69) is 10.6 Å². The van der Waals surface area contributed by atoms with E-state index in [0.717, 1.165) is 0 Å². The zero-order valence-electron chi connectivity index (χ0n) is 15.4. The SMILES string of the molecule is O=C(NCC(=O)N1CCC(C(=O)Nc2ccccc2F)CC1)c1ccccc1. The quantitative estimate of drug-likeness (QED) is 0.832. The van der Waals surface area contributed by atoms with Crippen LogP contribution < -0.4 is 10.6 Å². The molecule has 0 unspecified atom stereocenters. The third kappa shape index (κ3) is 4.94. The average molecular weight is 383 g/mol. The van der Waals surface area contributed by atoms with Gasteiger partial charge in [-0.3, -0.25) is 14.4 Å². The normalized spacial score (nSPS) is 14.4. The molecule has 3 rings (SSSR count). The summed E-state index contributed by atoms with van der Waals surface area (Å²) in [5, 5.41) is 5.23. The van der Waals surface area contributed by atoms with Crippen molar-refractivity contribution >= 4 is 23.4 Å². The van der Waals surface area contributed by atoms with Gasteiger partial charge in [-0.05, 0) is 37.1 Å². The number of likely N-dealkylation sites (tertiary alicyclic amines) is 1. The van der Waals surface area contributed by atoms with E-state index in [1.165, 1.54) is 12.1 Å². The van der Waals surface area contributed by atoms with Gasteiger partial charge in [-0.2, -0.15) is 0 Å². The van der Waals surface area contributed by atoms with Crippen LogP contribution in [0.4, 0.5) is 10.1 Å². The highest BCUT2D eigenvalue weighted by atomic mass is 19.1.